The summed E-state index contributed by atoms with van der Waals surface area (Å²) in [4.78, 5) is 0. The van der Waals surface area contributed by atoms with Gasteiger partial charge in [0, 0.05) is 0 Å². The number of nitrogens with one attached hydrogen (secondary N) is 1. The van der Waals surface area contributed by atoms with Crippen LogP contribution in [0.5, 0.6) is 0 Å². The topological polar surface area (TPSA) is 66.4 Å². The molecule has 0 aliphatic carbocycles. The zero-order valence-corrected chi connectivity index (χ0v) is 11.9. The summed E-state index contributed by atoms with van der Waals surface area (Å²) >= 11 is 0. The lowest BCUT2D eigenvalue weighted by atomic mass is 9.94. The van der Waals surface area contributed by atoms with E-state index in [1.165, 1.54) is 0 Å². The summed E-state index contributed by atoms with van der Waals surface area (Å²) in [7, 11) is -3.41. The number of benzene rings is 1. The van der Waals surface area contributed by atoms with E-state index >= 15 is 0 Å². The third-order valence-electron chi connectivity index (χ3n) is 2.66. The van der Waals surface area contributed by atoms with Crippen LogP contribution in [0.4, 0.5) is 0 Å². The lowest BCUT2D eigenvalue weighted by Crippen LogP contribution is -2.47. The Morgan fingerprint density at radius 1 is 1.28 bits per heavy atom. The van der Waals surface area contributed by atoms with Crippen molar-refractivity contribution in [2.75, 3.05) is 12.4 Å². The zero-order chi connectivity index (χ0) is 13.8. The van der Waals surface area contributed by atoms with Crippen molar-refractivity contribution in [2.45, 2.75) is 26.3 Å². The lowest BCUT2D eigenvalue weighted by molar-refractivity contribution is 0.196. The Hall–Kier alpha value is -0.910. The second-order valence-corrected chi connectivity index (χ2v) is 6.90. The molecule has 0 amide bonds. The van der Waals surface area contributed by atoms with Crippen LogP contribution in [0.15, 0.2) is 30.3 Å². The summed E-state index contributed by atoms with van der Waals surface area (Å²) in [5.74, 6) is 0.0938. The largest absolute Gasteiger partial charge is 0.394 e. The van der Waals surface area contributed by atoms with E-state index < -0.39 is 15.6 Å². The highest BCUT2D eigenvalue weighted by atomic mass is 32.2. The van der Waals surface area contributed by atoms with Gasteiger partial charge in [-0.05, 0) is 18.4 Å². The average Bonchev–Trinajstić information content (AvgIpc) is 2.27. The summed E-state index contributed by atoms with van der Waals surface area (Å²) < 4.78 is 26.5. The molecule has 1 unspecified atom stereocenters. The molecule has 0 bridgehead atoms. The van der Waals surface area contributed by atoms with Gasteiger partial charge in [-0.1, -0.05) is 44.2 Å². The van der Waals surface area contributed by atoms with Gasteiger partial charge in [0.05, 0.1) is 17.9 Å². The minimum atomic E-state index is -3.41. The van der Waals surface area contributed by atoms with Gasteiger partial charge < -0.3 is 5.11 Å². The van der Waals surface area contributed by atoms with Crippen LogP contribution in [0.25, 0.3) is 0 Å². The molecule has 1 rings (SSSR count). The van der Waals surface area contributed by atoms with Crippen LogP contribution >= 0.6 is 0 Å². The maximum absolute atomic E-state index is 12.0. The Balaban J connectivity index is 2.97. The van der Waals surface area contributed by atoms with Crippen LogP contribution in [0.1, 0.15) is 26.3 Å². The van der Waals surface area contributed by atoms with Crippen LogP contribution in [0.2, 0.25) is 0 Å². The van der Waals surface area contributed by atoms with Gasteiger partial charge in [0.2, 0.25) is 10.0 Å². The van der Waals surface area contributed by atoms with Crippen LogP contribution in [0, 0.1) is 5.92 Å². The summed E-state index contributed by atoms with van der Waals surface area (Å²) in [5, 5.41) is 9.51. The highest BCUT2D eigenvalue weighted by Crippen LogP contribution is 2.21. The fraction of sp³-hybridized carbons (Fsp3) is 0.538. The fourth-order valence-corrected chi connectivity index (χ4v) is 3.64. The first-order valence-electron chi connectivity index (χ1n) is 5.97. The van der Waals surface area contributed by atoms with E-state index in [2.05, 4.69) is 4.72 Å². The monoisotopic (exact) mass is 271 g/mol. The maximum atomic E-state index is 12.0. The molecular weight excluding hydrogens is 250 g/mol. The minimum absolute atomic E-state index is 0.0428. The van der Waals surface area contributed by atoms with Gasteiger partial charge in [-0.2, -0.15) is 0 Å². The Kier molecular flexibility index (Phi) is 4.90. The first kappa shape index (κ1) is 15.1. The number of rotatable bonds is 6. The molecule has 102 valence electrons. The number of hydrogen-bond donors (Lipinski definition) is 2. The number of aliphatic hydroxyl groups is 1. The SMILES string of the molecule is CC(C)CS(=O)(=O)NC(C)(CO)c1ccccc1. The van der Waals surface area contributed by atoms with Gasteiger partial charge >= 0.3 is 0 Å². The highest BCUT2D eigenvalue weighted by molar-refractivity contribution is 7.89. The molecule has 0 saturated carbocycles. The van der Waals surface area contributed by atoms with E-state index in [0.717, 1.165) is 5.56 Å². The Morgan fingerprint density at radius 2 is 1.83 bits per heavy atom. The first-order valence-corrected chi connectivity index (χ1v) is 7.62. The zero-order valence-electron chi connectivity index (χ0n) is 11.1. The summed E-state index contributed by atoms with van der Waals surface area (Å²) in [6.45, 7) is 5.09. The molecule has 2 N–H and O–H groups in total. The molecule has 18 heavy (non-hydrogen) atoms. The molecule has 1 atom stereocenters. The van der Waals surface area contributed by atoms with Gasteiger partial charge in [-0.3, -0.25) is 0 Å². The third kappa shape index (κ3) is 4.08. The van der Waals surface area contributed by atoms with Crippen LogP contribution in [-0.4, -0.2) is 25.9 Å². The van der Waals surface area contributed by atoms with Crippen molar-refractivity contribution >= 4 is 10.0 Å². The smallest absolute Gasteiger partial charge is 0.212 e. The highest BCUT2D eigenvalue weighted by Gasteiger charge is 2.31. The van der Waals surface area contributed by atoms with Crippen LogP contribution < -0.4 is 4.72 Å². The molecule has 5 heteroatoms. The molecule has 4 nitrogen and oxygen atoms in total. The first-order chi connectivity index (χ1) is 8.29. The van der Waals surface area contributed by atoms with Gasteiger partial charge in [-0.25, -0.2) is 13.1 Å². The van der Waals surface area contributed by atoms with Crippen molar-refractivity contribution in [1.29, 1.82) is 0 Å². The van der Waals surface area contributed by atoms with Gasteiger partial charge in [0.15, 0.2) is 0 Å². The molecule has 0 heterocycles. The van der Waals surface area contributed by atoms with Gasteiger partial charge in [0.1, 0.15) is 0 Å². The lowest BCUT2D eigenvalue weighted by Gasteiger charge is -2.29. The predicted molar refractivity (Wildman–Crippen MR) is 72.6 cm³/mol. The maximum Gasteiger partial charge on any atom is 0.212 e. The van der Waals surface area contributed by atoms with Crippen LogP contribution in [0.3, 0.4) is 0 Å². The minimum Gasteiger partial charge on any atom is -0.394 e. The molecule has 0 fully saturated rings. The van der Waals surface area contributed by atoms with Gasteiger partial charge in [-0.15, -0.1) is 0 Å². The van der Waals surface area contributed by atoms with E-state index in [4.69, 9.17) is 0 Å². The van der Waals surface area contributed by atoms with E-state index in [0.29, 0.717) is 0 Å². The summed E-state index contributed by atoms with van der Waals surface area (Å²) in [6.07, 6.45) is 0. The van der Waals surface area contributed by atoms with E-state index in [9.17, 15) is 13.5 Å². The van der Waals surface area contributed by atoms with Crippen molar-refractivity contribution in [3.8, 4) is 0 Å². The van der Waals surface area contributed by atoms with Crippen molar-refractivity contribution in [1.82, 2.24) is 4.72 Å². The van der Waals surface area contributed by atoms with Crippen molar-refractivity contribution < 1.29 is 13.5 Å². The molecule has 0 saturated heterocycles. The van der Waals surface area contributed by atoms with Crippen molar-refractivity contribution in [2.24, 2.45) is 5.92 Å². The molecule has 0 aromatic heterocycles. The molecule has 0 aliphatic rings. The molecular formula is C13H21NO3S. The number of aliphatic hydroxyl groups excluding tert-OH is 1. The molecule has 0 radical (unpaired) electrons. The fourth-order valence-electron chi connectivity index (χ4n) is 1.81. The third-order valence-corrected chi connectivity index (χ3v) is 4.53. The van der Waals surface area contributed by atoms with E-state index in [1.807, 2.05) is 32.0 Å². The summed E-state index contributed by atoms with van der Waals surface area (Å²) in [5.41, 5.74) is -0.227. The number of hydrogen-bond acceptors (Lipinski definition) is 3. The normalized spacial score (nSPS) is 15.6. The van der Waals surface area contributed by atoms with Crippen LogP contribution in [-0.2, 0) is 15.6 Å². The Morgan fingerprint density at radius 3 is 2.28 bits per heavy atom. The molecule has 1 aromatic carbocycles. The molecule has 1 aromatic rings. The number of sulfonamides is 1. The van der Waals surface area contributed by atoms with E-state index in [-0.39, 0.29) is 18.3 Å². The quantitative estimate of drug-likeness (QED) is 0.823. The second kappa shape index (κ2) is 5.82. The molecule has 0 spiro atoms. The molecule has 0 aliphatic heterocycles. The Bertz CT molecular complexity index is 470. The Labute approximate surface area is 109 Å². The van der Waals surface area contributed by atoms with E-state index in [1.54, 1.807) is 19.1 Å². The standard InChI is InChI=1S/C13H21NO3S/c1-11(2)9-18(16,17)14-13(3,10-15)12-7-5-4-6-8-12/h4-8,11,14-15H,9-10H2,1-3H3. The van der Waals surface area contributed by atoms with Gasteiger partial charge in [0.25, 0.3) is 0 Å². The summed E-state index contributed by atoms with van der Waals surface area (Å²) in [6, 6.07) is 9.09. The second-order valence-electron chi connectivity index (χ2n) is 5.13. The van der Waals surface area contributed by atoms with Crippen molar-refractivity contribution in [3.05, 3.63) is 35.9 Å². The average molecular weight is 271 g/mol. The van der Waals surface area contributed by atoms with Crippen molar-refractivity contribution in [3.63, 3.8) is 0 Å². The predicted octanol–water partition coefficient (Wildman–Crippen LogP) is 1.47.